The van der Waals surface area contributed by atoms with Gasteiger partial charge in [0.25, 0.3) is 0 Å². The third-order valence-corrected chi connectivity index (χ3v) is 4.56. The predicted molar refractivity (Wildman–Crippen MR) is 72.8 cm³/mol. The lowest BCUT2D eigenvalue weighted by Crippen LogP contribution is -2.34. The van der Waals surface area contributed by atoms with Crippen LogP contribution in [0, 0.1) is 5.82 Å². The van der Waals surface area contributed by atoms with Crippen LogP contribution in [-0.4, -0.2) is 17.5 Å². The third kappa shape index (κ3) is 4.00. The molecule has 1 aromatic rings. The molecular formula is C14H20FNS. The van der Waals surface area contributed by atoms with E-state index in [0.29, 0.717) is 6.04 Å². The summed E-state index contributed by atoms with van der Waals surface area (Å²) in [5.74, 6) is -0.158. The Bertz CT molecular complexity index is 339. The van der Waals surface area contributed by atoms with E-state index in [0.717, 1.165) is 17.4 Å². The van der Waals surface area contributed by atoms with Gasteiger partial charge in [0.2, 0.25) is 0 Å². The van der Waals surface area contributed by atoms with Crippen LogP contribution < -0.4 is 5.32 Å². The average Bonchev–Trinajstić information content (AvgIpc) is 2.38. The fourth-order valence-corrected chi connectivity index (χ4v) is 3.24. The van der Waals surface area contributed by atoms with Crippen LogP contribution in [0.4, 0.5) is 4.39 Å². The summed E-state index contributed by atoms with van der Waals surface area (Å²) in [5.41, 5.74) is 1.16. The van der Waals surface area contributed by atoms with Gasteiger partial charge in [-0.15, -0.1) is 0 Å². The summed E-state index contributed by atoms with van der Waals surface area (Å²) in [5, 5.41) is 4.40. The van der Waals surface area contributed by atoms with Crippen molar-refractivity contribution in [1.82, 2.24) is 5.32 Å². The van der Waals surface area contributed by atoms with E-state index in [1.807, 2.05) is 23.9 Å². The molecule has 1 fully saturated rings. The van der Waals surface area contributed by atoms with Gasteiger partial charge in [-0.05, 0) is 43.2 Å². The molecule has 0 bridgehead atoms. The minimum absolute atomic E-state index is 0.158. The zero-order chi connectivity index (χ0) is 12.1. The van der Waals surface area contributed by atoms with Gasteiger partial charge in [0.15, 0.2) is 0 Å². The highest BCUT2D eigenvalue weighted by Crippen LogP contribution is 2.27. The molecule has 0 saturated heterocycles. The number of hydrogen-bond acceptors (Lipinski definition) is 2. The molecule has 0 radical (unpaired) electrons. The minimum atomic E-state index is -0.158. The van der Waals surface area contributed by atoms with Gasteiger partial charge in [-0.2, -0.15) is 11.8 Å². The molecule has 17 heavy (non-hydrogen) atoms. The molecule has 2 rings (SSSR count). The molecule has 1 aromatic carbocycles. The van der Waals surface area contributed by atoms with E-state index in [1.165, 1.54) is 37.8 Å². The van der Waals surface area contributed by atoms with Crippen molar-refractivity contribution in [3.05, 3.63) is 35.6 Å². The zero-order valence-electron chi connectivity index (χ0n) is 10.3. The molecule has 1 N–H and O–H groups in total. The smallest absolute Gasteiger partial charge is 0.123 e. The van der Waals surface area contributed by atoms with Gasteiger partial charge in [-0.3, -0.25) is 0 Å². The van der Waals surface area contributed by atoms with E-state index < -0.39 is 0 Å². The van der Waals surface area contributed by atoms with Gasteiger partial charge in [0, 0.05) is 17.8 Å². The van der Waals surface area contributed by atoms with Crippen LogP contribution >= 0.6 is 11.8 Å². The fraction of sp³-hybridized carbons (Fsp3) is 0.571. The summed E-state index contributed by atoms with van der Waals surface area (Å²) in [7, 11) is 0. The van der Waals surface area contributed by atoms with Crippen molar-refractivity contribution < 1.29 is 4.39 Å². The Kier molecular flexibility index (Phi) is 4.86. The van der Waals surface area contributed by atoms with E-state index in [2.05, 4.69) is 11.6 Å². The molecule has 1 saturated carbocycles. The topological polar surface area (TPSA) is 12.0 Å². The second kappa shape index (κ2) is 6.41. The molecule has 3 heteroatoms. The standard InChI is InChI=1S/C14H20FNS/c1-17-14-4-2-3-13(9-14)16-10-11-5-7-12(15)8-6-11/h5-8,13-14,16H,2-4,9-10H2,1H3. The molecule has 1 aliphatic rings. The summed E-state index contributed by atoms with van der Waals surface area (Å²) in [6.45, 7) is 0.853. The Morgan fingerprint density at radius 3 is 2.76 bits per heavy atom. The Morgan fingerprint density at radius 1 is 1.29 bits per heavy atom. The van der Waals surface area contributed by atoms with Gasteiger partial charge >= 0.3 is 0 Å². The molecule has 0 spiro atoms. The predicted octanol–water partition coefficient (Wildman–Crippen LogP) is 3.59. The summed E-state index contributed by atoms with van der Waals surface area (Å²) < 4.78 is 12.8. The van der Waals surface area contributed by atoms with Crippen molar-refractivity contribution in [2.24, 2.45) is 0 Å². The number of nitrogens with one attached hydrogen (secondary N) is 1. The molecule has 0 aliphatic heterocycles. The number of hydrogen-bond donors (Lipinski definition) is 1. The van der Waals surface area contributed by atoms with Crippen molar-refractivity contribution in [3.63, 3.8) is 0 Å². The van der Waals surface area contributed by atoms with Crippen LogP contribution in [0.3, 0.4) is 0 Å². The Morgan fingerprint density at radius 2 is 2.06 bits per heavy atom. The van der Waals surface area contributed by atoms with Crippen LogP contribution in [0.5, 0.6) is 0 Å². The maximum atomic E-state index is 12.8. The van der Waals surface area contributed by atoms with Crippen LogP contribution in [0.15, 0.2) is 24.3 Å². The van der Waals surface area contributed by atoms with Crippen molar-refractivity contribution >= 4 is 11.8 Å². The van der Waals surface area contributed by atoms with E-state index in [1.54, 1.807) is 0 Å². The Labute approximate surface area is 107 Å². The lowest BCUT2D eigenvalue weighted by molar-refractivity contribution is 0.380. The maximum absolute atomic E-state index is 12.8. The normalized spacial score (nSPS) is 24.8. The van der Waals surface area contributed by atoms with Crippen LogP contribution in [0.25, 0.3) is 0 Å². The van der Waals surface area contributed by atoms with E-state index in [9.17, 15) is 4.39 Å². The monoisotopic (exact) mass is 253 g/mol. The number of benzene rings is 1. The molecule has 2 atom stereocenters. The second-order valence-electron chi connectivity index (χ2n) is 4.73. The van der Waals surface area contributed by atoms with E-state index in [4.69, 9.17) is 0 Å². The number of rotatable bonds is 4. The summed E-state index contributed by atoms with van der Waals surface area (Å²) in [6.07, 6.45) is 7.43. The first-order valence-corrected chi connectivity index (χ1v) is 7.57. The van der Waals surface area contributed by atoms with Gasteiger partial charge in [0.05, 0.1) is 0 Å². The Balaban J connectivity index is 1.79. The molecule has 94 valence electrons. The quantitative estimate of drug-likeness (QED) is 0.880. The highest BCUT2D eigenvalue weighted by molar-refractivity contribution is 7.99. The fourth-order valence-electron chi connectivity index (χ4n) is 2.41. The summed E-state index contributed by atoms with van der Waals surface area (Å²) >= 11 is 1.98. The molecule has 0 aromatic heterocycles. The minimum Gasteiger partial charge on any atom is -0.310 e. The van der Waals surface area contributed by atoms with Crippen LogP contribution in [0.2, 0.25) is 0 Å². The van der Waals surface area contributed by atoms with Gasteiger partial charge in [-0.25, -0.2) is 4.39 Å². The molecule has 0 amide bonds. The van der Waals surface area contributed by atoms with Crippen LogP contribution in [0.1, 0.15) is 31.2 Å². The van der Waals surface area contributed by atoms with Crippen molar-refractivity contribution in [1.29, 1.82) is 0 Å². The molecule has 0 heterocycles. The first kappa shape index (κ1) is 12.9. The molecule has 1 nitrogen and oxygen atoms in total. The highest BCUT2D eigenvalue weighted by atomic mass is 32.2. The van der Waals surface area contributed by atoms with Gasteiger partial charge < -0.3 is 5.32 Å². The second-order valence-corrected chi connectivity index (χ2v) is 5.87. The number of thioether (sulfide) groups is 1. The lowest BCUT2D eigenvalue weighted by Gasteiger charge is -2.28. The lowest BCUT2D eigenvalue weighted by atomic mass is 9.95. The average molecular weight is 253 g/mol. The van der Waals surface area contributed by atoms with Gasteiger partial charge in [0.1, 0.15) is 5.82 Å². The summed E-state index contributed by atoms with van der Waals surface area (Å²) in [6, 6.07) is 7.41. The Hall–Kier alpha value is -0.540. The zero-order valence-corrected chi connectivity index (χ0v) is 11.1. The van der Waals surface area contributed by atoms with Gasteiger partial charge in [-0.1, -0.05) is 18.6 Å². The van der Waals surface area contributed by atoms with Crippen LogP contribution in [-0.2, 0) is 6.54 Å². The SMILES string of the molecule is CSC1CCCC(NCc2ccc(F)cc2)C1. The van der Waals surface area contributed by atoms with Crippen molar-refractivity contribution in [2.75, 3.05) is 6.26 Å². The molecule has 2 unspecified atom stereocenters. The first-order chi connectivity index (χ1) is 8.28. The van der Waals surface area contributed by atoms with Crippen molar-refractivity contribution in [2.45, 2.75) is 43.5 Å². The third-order valence-electron chi connectivity index (χ3n) is 3.47. The highest BCUT2D eigenvalue weighted by Gasteiger charge is 2.20. The first-order valence-electron chi connectivity index (χ1n) is 6.28. The van der Waals surface area contributed by atoms with E-state index in [-0.39, 0.29) is 5.82 Å². The largest absolute Gasteiger partial charge is 0.310 e. The molecular weight excluding hydrogens is 233 g/mol. The van der Waals surface area contributed by atoms with Crippen molar-refractivity contribution in [3.8, 4) is 0 Å². The van der Waals surface area contributed by atoms with E-state index >= 15 is 0 Å². The molecule has 1 aliphatic carbocycles. The maximum Gasteiger partial charge on any atom is 0.123 e. The summed E-state index contributed by atoms with van der Waals surface area (Å²) in [4.78, 5) is 0. The number of halogens is 1.